The van der Waals surface area contributed by atoms with Gasteiger partial charge in [0.05, 0.1) is 17.5 Å². The van der Waals surface area contributed by atoms with E-state index >= 15 is 0 Å². The maximum Gasteiger partial charge on any atom is 0.337 e. The van der Waals surface area contributed by atoms with Crippen molar-refractivity contribution < 1.29 is 14.6 Å². The van der Waals surface area contributed by atoms with E-state index < -0.39 is 5.97 Å². The minimum atomic E-state index is -1.12. The van der Waals surface area contributed by atoms with Crippen molar-refractivity contribution in [3.8, 4) is 5.75 Å². The van der Waals surface area contributed by atoms with Gasteiger partial charge in [0, 0.05) is 11.3 Å². The molecule has 1 aromatic carbocycles. The largest absolute Gasteiger partial charge is 0.492 e. The first-order valence-corrected chi connectivity index (χ1v) is 9.21. The lowest BCUT2D eigenvalue weighted by Gasteiger charge is -2.15. The number of aromatic carboxylic acids is 1. The summed E-state index contributed by atoms with van der Waals surface area (Å²) < 4.78 is 7.25. The van der Waals surface area contributed by atoms with Crippen LogP contribution in [0.15, 0.2) is 34.4 Å². The fourth-order valence-electron chi connectivity index (χ4n) is 2.74. The summed E-state index contributed by atoms with van der Waals surface area (Å²) in [5, 5.41) is 11.0. The quantitative estimate of drug-likeness (QED) is 0.714. The normalized spacial score (nSPS) is 11.2. The summed E-state index contributed by atoms with van der Waals surface area (Å²) in [7, 11) is 0. The molecule has 7 heteroatoms. The molecule has 0 spiro atoms. The molecule has 0 bridgehead atoms. The van der Waals surface area contributed by atoms with E-state index in [9.17, 15) is 14.7 Å². The van der Waals surface area contributed by atoms with Gasteiger partial charge in [-0.15, -0.1) is 11.3 Å². The van der Waals surface area contributed by atoms with Crippen LogP contribution in [0.25, 0.3) is 10.2 Å². The van der Waals surface area contributed by atoms with E-state index in [-0.39, 0.29) is 22.4 Å². The Labute approximate surface area is 154 Å². The zero-order chi connectivity index (χ0) is 18.8. The second kappa shape index (κ2) is 7.29. The molecule has 0 aliphatic heterocycles. The van der Waals surface area contributed by atoms with Crippen LogP contribution in [0.2, 0.25) is 0 Å². The number of carboxylic acid groups (broad SMARTS) is 1. The third-order valence-corrected chi connectivity index (χ3v) is 4.95. The van der Waals surface area contributed by atoms with Gasteiger partial charge in [0.25, 0.3) is 5.56 Å². The number of thiophene rings is 1. The molecule has 2 heterocycles. The Kier molecular flexibility index (Phi) is 5.08. The van der Waals surface area contributed by atoms with Crippen molar-refractivity contribution in [2.75, 3.05) is 6.61 Å². The summed E-state index contributed by atoms with van der Waals surface area (Å²) in [6, 6.07) is 7.67. The second-order valence-corrected chi connectivity index (χ2v) is 7.24. The second-order valence-electron chi connectivity index (χ2n) is 6.38. The molecule has 0 aliphatic rings. The Balaban J connectivity index is 1.94. The summed E-state index contributed by atoms with van der Waals surface area (Å²) in [4.78, 5) is 29.3. The first-order valence-electron chi connectivity index (χ1n) is 8.33. The van der Waals surface area contributed by atoms with E-state index in [4.69, 9.17) is 4.74 Å². The lowest BCUT2D eigenvalue weighted by atomic mass is 10.2. The van der Waals surface area contributed by atoms with Gasteiger partial charge in [0.1, 0.15) is 23.0 Å². The maximum absolute atomic E-state index is 12.9. The molecule has 3 aromatic rings. The molecule has 136 valence electrons. The van der Waals surface area contributed by atoms with E-state index in [0.29, 0.717) is 23.8 Å². The van der Waals surface area contributed by atoms with Crippen molar-refractivity contribution in [3.05, 3.63) is 57.0 Å². The number of aryl methyl sites for hydroxylation is 1. The number of ether oxygens (including phenoxy) is 1. The van der Waals surface area contributed by atoms with Crippen LogP contribution in [0, 0.1) is 6.92 Å². The van der Waals surface area contributed by atoms with Gasteiger partial charge in [-0.2, -0.15) is 0 Å². The SMILES string of the molecule is Cc1ccc(OCCn2c(C(C)C)nc3scc(C(=O)O)c3c2=O)cc1. The number of fused-ring (bicyclic) bond motifs is 1. The van der Waals surface area contributed by atoms with Crippen molar-refractivity contribution in [2.24, 2.45) is 0 Å². The zero-order valence-corrected chi connectivity index (χ0v) is 15.7. The van der Waals surface area contributed by atoms with E-state index in [2.05, 4.69) is 4.98 Å². The third kappa shape index (κ3) is 3.48. The number of carboxylic acids is 1. The number of benzene rings is 1. The maximum atomic E-state index is 12.9. The fourth-order valence-corrected chi connectivity index (χ4v) is 3.65. The Hall–Kier alpha value is -2.67. The van der Waals surface area contributed by atoms with Gasteiger partial charge < -0.3 is 9.84 Å². The minimum absolute atomic E-state index is 0.00556. The molecule has 6 nitrogen and oxygen atoms in total. The van der Waals surface area contributed by atoms with Gasteiger partial charge in [-0.25, -0.2) is 9.78 Å². The highest BCUT2D eigenvalue weighted by Crippen LogP contribution is 2.24. The van der Waals surface area contributed by atoms with Crippen molar-refractivity contribution >= 4 is 27.5 Å². The van der Waals surface area contributed by atoms with Crippen molar-refractivity contribution in [1.29, 1.82) is 0 Å². The van der Waals surface area contributed by atoms with Crippen LogP contribution < -0.4 is 10.3 Å². The molecule has 0 unspecified atom stereocenters. The third-order valence-electron chi connectivity index (χ3n) is 4.07. The standard InChI is InChI=1S/C19H20N2O4S/c1-11(2)16-20-17-15(14(10-26-17)19(23)24)18(22)21(16)8-9-25-13-6-4-12(3)5-7-13/h4-7,10-11H,8-9H2,1-3H3,(H,23,24). The average Bonchev–Trinajstić information content (AvgIpc) is 3.02. The van der Waals surface area contributed by atoms with Crippen LogP contribution >= 0.6 is 11.3 Å². The number of hydrogen-bond donors (Lipinski definition) is 1. The van der Waals surface area contributed by atoms with Crippen LogP contribution in [0.1, 0.15) is 41.5 Å². The highest BCUT2D eigenvalue weighted by Gasteiger charge is 2.20. The molecular formula is C19H20N2O4S. The molecule has 0 atom stereocenters. The predicted molar refractivity (Wildman–Crippen MR) is 102 cm³/mol. The molecule has 0 saturated heterocycles. The summed E-state index contributed by atoms with van der Waals surface area (Å²) in [6.45, 7) is 6.51. The molecule has 0 saturated carbocycles. The zero-order valence-electron chi connectivity index (χ0n) is 14.9. The van der Waals surface area contributed by atoms with Gasteiger partial charge in [-0.05, 0) is 19.1 Å². The average molecular weight is 372 g/mol. The van der Waals surface area contributed by atoms with Crippen molar-refractivity contribution in [3.63, 3.8) is 0 Å². The number of rotatable bonds is 6. The molecule has 0 amide bonds. The smallest absolute Gasteiger partial charge is 0.337 e. The monoisotopic (exact) mass is 372 g/mol. The van der Waals surface area contributed by atoms with Crippen LogP contribution in [0.4, 0.5) is 0 Å². The molecular weight excluding hydrogens is 352 g/mol. The van der Waals surface area contributed by atoms with Gasteiger partial charge >= 0.3 is 5.97 Å². The van der Waals surface area contributed by atoms with Gasteiger partial charge in [-0.3, -0.25) is 9.36 Å². The number of nitrogens with zero attached hydrogens (tertiary/aromatic N) is 2. The minimum Gasteiger partial charge on any atom is -0.492 e. The van der Waals surface area contributed by atoms with Crippen LogP contribution in [-0.4, -0.2) is 27.2 Å². The molecule has 3 rings (SSSR count). The van der Waals surface area contributed by atoms with E-state index in [1.807, 2.05) is 45.0 Å². The summed E-state index contributed by atoms with van der Waals surface area (Å²) >= 11 is 1.18. The van der Waals surface area contributed by atoms with E-state index in [1.54, 1.807) is 0 Å². The fraction of sp³-hybridized carbons (Fsp3) is 0.316. The molecule has 2 aromatic heterocycles. The number of aromatic nitrogens is 2. The molecule has 0 aliphatic carbocycles. The van der Waals surface area contributed by atoms with Crippen molar-refractivity contribution in [2.45, 2.75) is 33.2 Å². The predicted octanol–water partition coefficient (Wildman–Crippen LogP) is 3.67. The van der Waals surface area contributed by atoms with E-state index in [1.165, 1.54) is 21.3 Å². The summed E-state index contributed by atoms with van der Waals surface area (Å²) in [6.07, 6.45) is 0. The summed E-state index contributed by atoms with van der Waals surface area (Å²) in [5.41, 5.74) is 0.819. The lowest BCUT2D eigenvalue weighted by molar-refractivity contribution is 0.0699. The van der Waals surface area contributed by atoms with Gasteiger partial charge in [0.2, 0.25) is 0 Å². The highest BCUT2D eigenvalue weighted by atomic mass is 32.1. The van der Waals surface area contributed by atoms with E-state index in [0.717, 1.165) is 11.3 Å². The Morgan fingerprint density at radius 1 is 1.31 bits per heavy atom. The highest BCUT2D eigenvalue weighted by molar-refractivity contribution is 7.17. The van der Waals surface area contributed by atoms with Gasteiger partial charge in [-0.1, -0.05) is 31.5 Å². The van der Waals surface area contributed by atoms with Crippen LogP contribution in [0.3, 0.4) is 0 Å². The molecule has 1 N–H and O–H groups in total. The molecule has 0 fully saturated rings. The molecule has 0 radical (unpaired) electrons. The first kappa shape index (κ1) is 18.1. The van der Waals surface area contributed by atoms with Gasteiger partial charge in [0.15, 0.2) is 0 Å². The number of carbonyl (C=O) groups is 1. The Morgan fingerprint density at radius 3 is 2.62 bits per heavy atom. The topological polar surface area (TPSA) is 81.4 Å². The summed E-state index contributed by atoms with van der Waals surface area (Å²) in [5.74, 6) is 0.274. The Morgan fingerprint density at radius 2 is 2.00 bits per heavy atom. The van der Waals surface area contributed by atoms with Crippen LogP contribution in [0.5, 0.6) is 5.75 Å². The van der Waals surface area contributed by atoms with Crippen LogP contribution in [-0.2, 0) is 6.54 Å². The lowest BCUT2D eigenvalue weighted by Crippen LogP contribution is -2.28. The number of hydrogen-bond acceptors (Lipinski definition) is 5. The van der Waals surface area contributed by atoms with Crippen molar-refractivity contribution in [1.82, 2.24) is 9.55 Å². The molecule has 26 heavy (non-hydrogen) atoms. The Bertz CT molecular complexity index is 1000. The first-order chi connectivity index (χ1) is 12.4.